The quantitative estimate of drug-likeness (QED) is 0.806. The highest BCUT2D eigenvalue weighted by molar-refractivity contribution is 5.89. The van der Waals surface area contributed by atoms with Crippen molar-refractivity contribution in [2.75, 3.05) is 0 Å². The molecule has 15 heavy (non-hydrogen) atoms. The van der Waals surface area contributed by atoms with E-state index in [1.807, 2.05) is 6.20 Å². The van der Waals surface area contributed by atoms with Gasteiger partial charge in [0.25, 0.3) is 0 Å². The first-order valence-corrected chi connectivity index (χ1v) is 5.66. The smallest absolute Gasteiger partial charge is 0.337 e. The second kappa shape index (κ2) is 4.09. The van der Waals surface area contributed by atoms with Gasteiger partial charge in [-0.05, 0) is 25.3 Å². The molecule has 0 amide bonds. The number of rotatable bonds is 5. The van der Waals surface area contributed by atoms with Crippen LogP contribution in [0.4, 0.5) is 0 Å². The summed E-state index contributed by atoms with van der Waals surface area (Å²) in [6.07, 6.45) is 6.48. The van der Waals surface area contributed by atoms with E-state index in [2.05, 4.69) is 11.5 Å². The van der Waals surface area contributed by atoms with Gasteiger partial charge in [0, 0.05) is 24.4 Å². The van der Waals surface area contributed by atoms with Crippen molar-refractivity contribution in [2.45, 2.75) is 45.1 Å². The standard InChI is InChI=1S/C12H17NO2/c1-2-3-7-13-8-6-10(12(14)15)11(13)9-4-5-9/h6,8-9H,2-5,7H2,1H3,(H,14,15). The Balaban J connectivity index is 2.25. The summed E-state index contributed by atoms with van der Waals surface area (Å²) in [5, 5.41) is 9.07. The van der Waals surface area contributed by atoms with E-state index in [1.54, 1.807) is 6.07 Å². The zero-order chi connectivity index (χ0) is 10.8. The van der Waals surface area contributed by atoms with Gasteiger partial charge in [0.2, 0.25) is 0 Å². The largest absolute Gasteiger partial charge is 0.478 e. The Hall–Kier alpha value is -1.25. The number of aryl methyl sites for hydroxylation is 1. The summed E-state index contributed by atoms with van der Waals surface area (Å²) < 4.78 is 2.13. The number of carboxylic acid groups (broad SMARTS) is 1. The molecule has 2 rings (SSSR count). The van der Waals surface area contributed by atoms with Gasteiger partial charge < -0.3 is 9.67 Å². The summed E-state index contributed by atoms with van der Waals surface area (Å²) in [5.41, 5.74) is 1.56. The van der Waals surface area contributed by atoms with Gasteiger partial charge in [-0.15, -0.1) is 0 Å². The Kier molecular flexibility index (Phi) is 2.80. The lowest BCUT2D eigenvalue weighted by atomic mass is 10.2. The molecule has 0 radical (unpaired) electrons. The molecule has 0 bridgehead atoms. The Morgan fingerprint density at radius 2 is 2.33 bits per heavy atom. The lowest BCUT2D eigenvalue weighted by Crippen LogP contribution is -2.05. The van der Waals surface area contributed by atoms with Crippen LogP contribution < -0.4 is 0 Å². The first kappa shape index (κ1) is 10.3. The Morgan fingerprint density at radius 3 is 2.87 bits per heavy atom. The molecule has 1 aliphatic carbocycles. The maximum atomic E-state index is 11.0. The average Bonchev–Trinajstić information content (AvgIpc) is 2.95. The minimum Gasteiger partial charge on any atom is -0.478 e. The van der Waals surface area contributed by atoms with E-state index >= 15 is 0 Å². The van der Waals surface area contributed by atoms with Gasteiger partial charge >= 0.3 is 5.97 Å². The molecule has 0 unspecified atom stereocenters. The number of hydrogen-bond acceptors (Lipinski definition) is 1. The highest BCUT2D eigenvalue weighted by Crippen LogP contribution is 2.42. The number of nitrogens with zero attached hydrogens (tertiary/aromatic N) is 1. The maximum Gasteiger partial charge on any atom is 0.337 e. The van der Waals surface area contributed by atoms with Crippen LogP contribution in [0.1, 0.15) is 54.6 Å². The second-order valence-corrected chi connectivity index (χ2v) is 4.24. The molecule has 0 aromatic carbocycles. The van der Waals surface area contributed by atoms with Crippen molar-refractivity contribution in [2.24, 2.45) is 0 Å². The van der Waals surface area contributed by atoms with Crippen molar-refractivity contribution >= 4 is 5.97 Å². The molecule has 1 aliphatic rings. The molecule has 0 atom stereocenters. The van der Waals surface area contributed by atoms with Gasteiger partial charge in [0.1, 0.15) is 0 Å². The van der Waals surface area contributed by atoms with Crippen molar-refractivity contribution in [3.63, 3.8) is 0 Å². The van der Waals surface area contributed by atoms with Crippen molar-refractivity contribution in [1.82, 2.24) is 4.57 Å². The molecule has 1 aromatic heterocycles. The molecule has 0 saturated heterocycles. The summed E-state index contributed by atoms with van der Waals surface area (Å²) in [6.45, 7) is 3.11. The molecule has 1 aromatic rings. The number of aromatic carboxylic acids is 1. The molecule has 1 fully saturated rings. The van der Waals surface area contributed by atoms with Gasteiger partial charge in [0.15, 0.2) is 0 Å². The van der Waals surface area contributed by atoms with E-state index in [9.17, 15) is 4.79 Å². The van der Waals surface area contributed by atoms with Gasteiger partial charge in [0.05, 0.1) is 5.56 Å². The predicted octanol–water partition coefficient (Wildman–Crippen LogP) is 2.86. The van der Waals surface area contributed by atoms with Crippen LogP contribution in [0, 0.1) is 0 Å². The monoisotopic (exact) mass is 207 g/mol. The Bertz CT molecular complexity index is 364. The third kappa shape index (κ3) is 2.06. The van der Waals surface area contributed by atoms with Crippen LogP contribution in [0.3, 0.4) is 0 Å². The van der Waals surface area contributed by atoms with Gasteiger partial charge in [-0.25, -0.2) is 4.79 Å². The summed E-state index contributed by atoms with van der Waals surface area (Å²) >= 11 is 0. The molecule has 3 heteroatoms. The highest BCUT2D eigenvalue weighted by Gasteiger charge is 2.31. The minimum absolute atomic E-state index is 0.503. The number of unbranched alkanes of at least 4 members (excludes halogenated alkanes) is 1. The van der Waals surface area contributed by atoms with E-state index in [0.717, 1.165) is 37.9 Å². The van der Waals surface area contributed by atoms with Crippen LogP contribution in [0.15, 0.2) is 12.3 Å². The van der Waals surface area contributed by atoms with Crippen LogP contribution in [-0.2, 0) is 6.54 Å². The molecule has 3 nitrogen and oxygen atoms in total. The molecule has 0 spiro atoms. The second-order valence-electron chi connectivity index (χ2n) is 4.24. The molecule has 1 N–H and O–H groups in total. The summed E-state index contributed by atoms with van der Waals surface area (Å²) in [7, 11) is 0. The molecule has 0 aliphatic heterocycles. The topological polar surface area (TPSA) is 42.2 Å². The number of hydrogen-bond donors (Lipinski definition) is 1. The van der Waals surface area contributed by atoms with E-state index in [0.29, 0.717) is 11.5 Å². The fraction of sp³-hybridized carbons (Fsp3) is 0.583. The maximum absolute atomic E-state index is 11.0. The number of carbonyl (C=O) groups is 1. The number of carboxylic acids is 1. The van der Waals surface area contributed by atoms with E-state index in [-0.39, 0.29) is 0 Å². The lowest BCUT2D eigenvalue weighted by Gasteiger charge is -2.08. The summed E-state index contributed by atoms with van der Waals surface area (Å²) in [6, 6.07) is 1.74. The van der Waals surface area contributed by atoms with Crippen LogP contribution in [-0.4, -0.2) is 15.6 Å². The van der Waals surface area contributed by atoms with E-state index in [4.69, 9.17) is 5.11 Å². The molecular formula is C12H17NO2. The normalized spacial score (nSPS) is 15.5. The van der Waals surface area contributed by atoms with Crippen molar-refractivity contribution < 1.29 is 9.90 Å². The zero-order valence-electron chi connectivity index (χ0n) is 9.07. The SMILES string of the molecule is CCCCn1ccc(C(=O)O)c1C1CC1. The third-order valence-corrected chi connectivity index (χ3v) is 2.95. The van der Waals surface area contributed by atoms with Crippen LogP contribution >= 0.6 is 0 Å². The Morgan fingerprint density at radius 1 is 1.60 bits per heavy atom. The fourth-order valence-electron chi connectivity index (χ4n) is 2.00. The van der Waals surface area contributed by atoms with E-state index in [1.165, 1.54) is 0 Å². The lowest BCUT2D eigenvalue weighted by molar-refractivity contribution is 0.0695. The number of aromatic nitrogens is 1. The van der Waals surface area contributed by atoms with Crippen LogP contribution in [0.2, 0.25) is 0 Å². The van der Waals surface area contributed by atoms with Gasteiger partial charge in [-0.3, -0.25) is 0 Å². The third-order valence-electron chi connectivity index (χ3n) is 2.95. The minimum atomic E-state index is -0.785. The van der Waals surface area contributed by atoms with Crippen LogP contribution in [0.25, 0.3) is 0 Å². The summed E-state index contributed by atoms with van der Waals surface area (Å²) in [4.78, 5) is 11.0. The molecular weight excluding hydrogens is 190 g/mol. The van der Waals surface area contributed by atoms with E-state index < -0.39 is 5.97 Å². The van der Waals surface area contributed by atoms with Crippen molar-refractivity contribution in [1.29, 1.82) is 0 Å². The molecule has 1 heterocycles. The van der Waals surface area contributed by atoms with Crippen LogP contribution in [0.5, 0.6) is 0 Å². The molecule has 82 valence electrons. The highest BCUT2D eigenvalue weighted by atomic mass is 16.4. The first-order chi connectivity index (χ1) is 7.24. The molecule has 1 saturated carbocycles. The van der Waals surface area contributed by atoms with Gasteiger partial charge in [-0.2, -0.15) is 0 Å². The van der Waals surface area contributed by atoms with Gasteiger partial charge in [-0.1, -0.05) is 13.3 Å². The van der Waals surface area contributed by atoms with Crippen molar-refractivity contribution in [3.05, 3.63) is 23.5 Å². The average molecular weight is 207 g/mol. The Labute approximate surface area is 89.7 Å². The zero-order valence-corrected chi connectivity index (χ0v) is 9.07. The predicted molar refractivity (Wildman–Crippen MR) is 58.3 cm³/mol. The van der Waals surface area contributed by atoms with Crippen molar-refractivity contribution in [3.8, 4) is 0 Å². The first-order valence-electron chi connectivity index (χ1n) is 5.66. The fourth-order valence-corrected chi connectivity index (χ4v) is 2.00. The summed E-state index contributed by atoms with van der Waals surface area (Å²) in [5.74, 6) is -0.282.